The van der Waals surface area contributed by atoms with E-state index in [1.807, 2.05) is 0 Å². The molecule has 2 aromatic carbocycles. The lowest BCUT2D eigenvalue weighted by Gasteiger charge is -2.14. The van der Waals surface area contributed by atoms with Gasteiger partial charge in [0.2, 0.25) is 0 Å². The average Bonchev–Trinajstić information content (AvgIpc) is 2.48. The third-order valence-corrected chi connectivity index (χ3v) is 3.61. The number of halogens is 3. The zero-order valence-electron chi connectivity index (χ0n) is 11.0. The standard InChI is InChI=1S/C15H14BrClFNO2/c16-14-6-3-11(7-15(14)18)19-8-12(20)9-21-13-4-1-10(17)2-5-13/h1-7,12,19-20H,8-9H2. The molecule has 0 radical (unpaired) electrons. The number of hydrogen-bond acceptors (Lipinski definition) is 3. The molecule has 2 N–H and O–H groups in total. The van der Waals surface area contributed by atoms with Crippen LogP contribution in [-0.2, 0) is 0 Å². The van der Waals surface area contributed by atoms with E-state index >= 15 is 0 Å². The molecule has 1 atom stereocenters. The van der Waals surface area contributed by atoms with Crippen molar-refractivity contribution in [2.45, 2.75) is 6.10 Å². The lowest BCUT2D eigenvalue weighted by molar-refractivity contribution is 0.117. The first-order valence-electron chi connectivity index (χ1n) is 6.30. The molecule has 0 saturated carbocycles. The van der Waals surface area contributed by atoms with Crippen molar-refractivity contribution in [3.05, 3.63) is 57.8 Å². The number of hydrogen-bond donors (Lipinski definition) is 2. The summed E-state index contributed by atoms with van der Waals surface area (Å²) in [7, 11) is 0. The van der Waals surface area contributed by atoms with Crippen molar-refractivity contribution in [3.63, 3.8) is 0 Å². The fourth-order valence-corrected chi connectivity index (χ4v) is 2.00. The summed E-state index contributed by atoms with van der Waals surface area (Å²) in [5, 5.41) is 13.4. The van der Waals surface area contributed by atoms with Crippen LogP contribution < -0.4 is 10.1 Å². The molecular weight excluding hydrogens is 361 g/mol. The Morgan fingerprint density at radius 2 is 1.95 bits per heavy atom. The quantitative estimate of drug-likeness (QED) is 0.800. The van der Waals surface area contributed by atoms with Crippen molar-refractivity contribution < 1.29 is 14.2 Å². The first-order chi connectivity index (χ1) is 10.0. The summed E-state index contributed by atoms with van der Waals surface area (Å²) in [5.41, 5.74) is 0.598. The van der Waals surface area contributed by atoms with Crippen LogP contribution in [0.25, 0.3) is 0 Å². The van der Waals surface area contributed by atoms with Gasteiger partial charge in [-0.05, 0) is 58.4 Å². The number of anilines is 1. The van der Waals surface area contributed by atoms with E-state index in [9.17, 15) is 9.50 Å². The monoisotopic (exact) mass is 373 g/mol. The van der Waals surface area contributed by atoms with Crippen LogP contribution in [0.2, 0.25) is 5.02 Å². The van der Waals surface area contributed by atoms with E-state index in [-0.39, 0.29) is 19.0 Å². The van der Waals surface area contributed by atoms with Crippen molar-refractivity contribution in [1.82, 2.24) is 0 Å². The Hall–Kier alpha value is -1.30. The molecule has 0 spiro atoms. The third-order valence-electron chi connectivity index (χ3n) is 2.72. The van der Waals surface area contributed by atoms with Crippen LogP contribution in [0.1, 0.15) is 0 Å². The fourth-order valence-electron chi connectivity index (χ4n) is 1.62. The lowest BCUT2D eigenvalue weighted by atomic mass is 10.3. The third kappa shape index (κ3) is 5.19. The van der Waals surface area contributed by atoms with Crippen molar-refractivity contribution >= 4 is 33.2 Å². The number of rotatable bonds is 6. The van der Waals surface area contributed by atoms with Gasteiger partial charge in [0.1, 0.15) is 24.3 Å². The molecule has 3 nitrogen and oxygen atoms in total. The molecule has 0 aliphatic carbocycles. The van der Waals surface area contributed by atoms with Gasteiger partial charge >= 0.3 is 0 Å². The maximum Gasteiger partial charge on any atom is 0.139 e. The highest BCUT2D eigenvalue weighted by atomic mass is 79.9. The van der Waals surface area contributed by atoms with Crippen molar-refractivity contribution in [2.24, 2.45) is 0 Å². The second-order valence-electron chi connectivity index (χ2n) is 4.43. The number of benzene rings is 2. The summed E-state index contributed by atoms with van der Waals surface area (Å²) >= 11 is 8.85. The number of aliphatic hydroxyl groups is 1. The molecule has 0 amide bonds. The Labute approximate surface area is 135 Å². The molecule has 1 unspecified atom stereocenters. The summed E-state index contributed by atoms with van der Waals surface area (Å²) in [6.45, 7) is 0.391. The van der Waals surface area contributed by atoms with Gasteiger partial charge in [0, 0.05) is 17.3 Å². The van der Waals surface area contributed by atoms with Gasteiger partial charge in [-0.15, -0.1) is 0 Å². The molecule has 112 valence electrons. The topological polar surface area (TPSA) is 41.5 Å². The summed E-state index contributed by atoms with van der Waals surface area (Å²) in [6, 6.07) is 11.6. The number of ether oxygens (including phenoxy) is 1. The molecule has 21 heavy (non-hydrogen) atoms. The van der Waals surface area contributed by atoms with Gasteiger partial charge in [0.15, 0.2) is 0 Å². The van der Waals surface area contributed by atoms with Gasteiger partial charge in [-0.3, -0.25) is 0 Å². The van der Waals surface area contributed by atoms with E-state index in [0.29, 0.717) is 20.9 Å². The van der Waals surface area contributed by atoms with Crippen LogP contribution >= 0.6 is 27.5 Å². The molecule has 2 aromatic rings. The number of nitrogens with one attached hydrogen (secondary N) is 1. The number of aliphatic hydroxyl groups excluding tert-OH is 1. The summed E-state index contributed by atoms with van der Waals surface area (Å²) in [4.78, 5) is 0. The van der Waals surface area contributed by atoms with Crippen LogP contribution in [0.5, 0.6) is 5.75 Å². The predicted molar refractivity (Wildman–Crippen MR) is 85.5 cm³/mol. The molecule has 0 fully saturated rings. The average molecular weight is 375 g/mol. The molecule has 0 saturated heterocycles. The zero-order valence-corrected chi connectivity index (χ0v) is 13.4. The largest absolute Gasteiger partial charge is 0.491 e. The van der Waals surface area contributed by atoms with Crippen molar-refractivity contribution in [1.29, 1.82) is 0 Å². The minimum atomic E-state index is -0.715. The van der Waals surface area contributed by atoms with E-state index in [2.05, 4.69) is 21.2 Å². The first-order valence-corrected chi connectivity index (χ1v) is 7.47. The second-order valence-corrected chi connectivity index (χ2v) is 5.72. The van der Waals surface area contributed by atoms with Gasteiger partial charge in [0.25, 0.3) is 0 Å². The Kier molecular flexibility index (Phi) is 5.85. The molecule has 0 aliphatic rings. The highest BCUT2D eigenvalue weighted by molar-refractivity contribution is 9.10. The van der Waals surface area contributed by atoms with Gasteiger partial charge in [0.05, 0.1) is 4.47 Å². The molecule has 0 heterocycles. The SMILES string of the molecule is OC(CNc1ccc(Br)c(F)c1)COc1ccc(Cl)cc1. The zero-order chi connectivity index (χ0) is 15.2. The van der Waals surface area contributed by atoms with E-state index < -0.39 is 6.10 Å². The maximum atomic E-state index is 13.3. The Morgan fingerprint density at radius 3 is 2.62 bits per heavy atom. The van der Waals surface area contributed by atoms with Crippen LogP contribution in [0.3, 0.4) is 0 Å². The molecule has 2 rings (SSSR count). The van der Waals surface area contributed by atoms with E-state index in [1.54, 1.807) is 36.4 Å². The van der Waals surface area contributed by atoms with Crippen LogP contribution in [0, 0.1) is 5.82 Å². The lowest BCUT2D eigenvalue weighted by Crippen LogP contribution is -2.26. The van der Waals surface area contributed by atoms with E-state index in [0.717, 1.165) is 0 Å². The normalized spacial score (nSPS) is 12.0. The van der Waals surface area contributed by atoms with E-state index in [1.165, 1.54) is 6.07 Å². The van der Waals surface area contributed by atoms with Gasteiger partial charge in [-0.2, -0.15) is 0 Å². The summed E-state index contributed by atoms with van der Waals surface area (Å²) in [6.07, 6.45) is -0.715. The van der Waals surface area contributed by atoms with Crippen LogP contribution in [-0.4, -0.2) is 24.4 Å². The van der Waals surface area contributed by atoms with Crippen LogP contribution in [0.15, 0.2) is 46.9 Å². The fraction of sp³-hybridized carbons (Fsp3) is 0.200. The molecule has 0 bridgehead atoms. The van der Waals surface area contributed by atoms with Gasteiger partial charge < -0.3 is 15.2 Å². The van der Waals surface area contributed by atoms with E-state index in [4.69, 9.17) is 16.3 Å². The van der Waals surface area contributed by atoms with Crippen molar-refractivity contribution in [2.75, 3.05) is 18.5 Å². The summed E-state index contributed by atoms with van der Waals surface area (Å²) in [5.74, 6) is 0.278. The van der Waals surface area contributed by atoms with Gasteiger partial charge in [-0.25, -0.2) is 4.39 Å². The molecular formula is C15H14BrClFNO2. The smallest absolute Gasteiger partial charge is 0.139 e. The van der Waals surface area contributed by atoms with Gasteiger partial charge in [-0.1, -0.05) is 11.6 Å². The summed E-state index contributed by atoms with van der Waals surface area (Å²) < 4.78 is 19.1. The minimum absolute atomic E-state index is 0.133. The first kappa shape index (κ1) is 16.1. The predicted octanol–water partition coefficient (Wildman–Crippen LogP) is 4.09. The molecule has 0 aromatic heterocycles. The molecule has 0 aliphatic heterocycles. The molecule has 6 heteroatoms. The second kappa shape index (κ2) is 7.64. The Bertz CT molecular complexity index is 595. The minimum Gasteiger partial charge on any atom is -0.491 e. The van der Waals surface area contributed by atoms with Crippen LogP contribution in [0.4, 0.5) is 10.1 Å². The maximum absolute atomic E-state index is 13.3. The Balaban J connectivity index is 1.77. The highest BCUT2D eigenvalue weighted by Crippen LogP contribution is 2.19. The van der Waals surface area contributed by atoms with Crippen molar-refractivity contribution in [3.8, 4) is 5.75 Å². The highest BCUT2D eigenvalue weighted by Gasteiger charge is 2.06. The Morgan fingerprint density at radius 1 is 1.24 bits per heavy atom.